The summed E-state index contributed by atoms with van der Waals surface area (Å²) in [5.41, 5.74) is 1.11. The van der Waals surface area contributed by atoms with Gasteiger partial charge in [0.05, 0.1) is 31.5 Å². The molecule has 1 N–H and O–H groups in total. The smallest absolute Gasteiger partial charge is 0.410 e. The summed E-state index contributed by atoms with van der Waals surface area (Å²) in [6.45, 7) is 8.93. The van der Waals surface area contributed by atoms with E-state index in [-0.39, 0.29) is 29.9 Å². The van der Waals surface area contributed by atoms with E-state index in [1.165, 1.54) is 16.8 Å². The Kier molecular flexibility index (Phi) is 9.88. The number of amides is 1. The summed E-state index contributed by atoms with van der Waals surface area (Å²) in [6.07, 6.45) is 6.30. The van der Waals surface area contributed by atoms with Crippen molar-refractivity contribution in [1.29, 1.82) is 0 Å². The van der Waals surface area contributed by atoms with Crippen LogP contribution in [0.1, 0.15) is 46.1 Å². The van der Waals surface area contributed by atoms with Crippen LogP contribution in [0, 0.1) is 17.6 Å². The largest absolute Gasteiger partial charge is 0.494 e. The van der Waals surface area contributed by atoms with Crippen LogP contribution < -0.4 is 14.8 Å². The van der Waals surface area contributed by atoms with E-state index in [4.69, 9.17) is 24.3 Å². The number of halogens is 2. The molecule has 1 atom stereocenters. The van der Waals surface area contributed by atoms with Gasteiger partial charge in [0.1, 0.15) is 28.7 Å². The van der Waals surface area contributed by atoms with Gasteiger partial charge in [0.25, 0.3) is 0 Å². The number of hydrogen-bond acceptors (Lipinski definition) is 9. The third-order valence-electron chi connectivity index (χ3n) is 7.95. The van der Waals surface area contributed by atoms with Gasteiger partial charge < -0.3 is 24.4 Å². The van der Waals surface area contributed by atoms with Crippen molar-refractivity contribution in [2.24, 2.45) is 5.92 Å². The zero-order valence-electron chi connectivity index (χ0n) is 28.0. The average Bonchev–Trinajstić information content (AvgIpc) is 3.44. The molecule has 6 rings (SSSR count). The standard InChI is InChI=1S/C36H39F2N7O4/c1-5-47-25-17-28(37)27(29(38)18-25)21-45-30-11-7-6-10-26(30)32(43-45)34-40-19-31(33(42-34)41-24-12-14-39-15-13-24)48-22-23-9-8-16-44(20-23)35(46)49-36(2,3)4/h6-7,10-15,17-19,23H,5,8-9,16,20-22H2,1-4H3,(H,39,40,41,42). The Hall–Kier alpha value is -5.33. The molecule has 11 nitrogen and oxygen atoms in total. The van der Waals surface area contributed by atoms with Crippen molar-refractivity contribution in [3.05, 3.63) is 84.3 Å². The van der Waals surface area contributed by atoms with E-state index in [0.29, 0.717) is 60.3 Å². The second-order valence-corrected chi connectivity index (χ2v) is 12.8. The molecule has 13 heteroatoms. The Balaban J connectivity index is 1.28. The molecule has 0 radical (unpaired) electrons. The van der Waals surface area contributed by atoms with Gasteiger partial charge in [0, 0.05) is 60.2 Å². The molecule has 1 unspecified atom stereocenters. The van der Waals surface area contributed by atoms with Crippen LogP contribution in [0.25, 0.3) is 22.4 Å². The van der Waals surface area contributed by atoms with Crippen LogP contribution in [0.15, 0.2) is 67.1 Å². The minimum atomic E-state index is -0.724. The number of ether oxygens (including phenoxy) is 3. The molecule has 1 saturated heterocycles. The minimum absolute atomic E-state index is 0.0813. The van der Waals surface area contributed by atoms with Crippen LogP contribution in [-0.2, 0) is 11.3 Å². The lowest BCUT2D eigenvalue weighted by Crippen LogP contribution is -2.44. The molecule has 49 heavy (non-hydrogen) atoms. The number of nitrogens with one attached hydrogen (secondary N) is 1. The maximum absolute atomic E-state index is 15.0. The van der Waals surface area contributed by atoms with E-state index < -0.39 is 17.2 Å². The van der Waals surface area contributed by atoms with Gasteiger partial charge in [0.2, 0.25) is 0 Å². The summed E-state index contributed by atoms with van der Waals surface area (Å²) < 4.78 is 48.8. The zero-order chi connectivity index (χ0) is 34.5. The van der Waals surface area contributed by atoms with E-state index >= 15 is 8.78 Å². The molecule has 3 aromatic heterocycles. The Bertz CT molecular complexity index is 1910. The van der Waals surface area contributed by atoms with Crippen LogP contribution in [-0.4, -0.2) is 67.6 Å². The van der Waals surface area contributed by atoms with Gasteiger partial charge in [-0.15, -0.1) is 0 Å². The third kappa shape index (κ3) is 8.04. The first-order chi connectivity index (χ1) is 23.6. The molecule has 0 aliphatic carbocycles. The van der Waals surface area contributed by atoms with E-state index in [1.807, 2.05) is 45.0 Å². The number of hydrogen-bond donors (Lipinski definition) is 1. The number of anilines is 2. The molecule has 1 aliphatic heterocycles. The van der Waals surface area contributed by atoms with Crippen LogP contribution in [0.3, 0.4) is 0 Å². The van der Waals surface area contributed by atoms with Crippen molar-refractivity contribution >= 4 is 28.5 Å². The van der Waals surface area contributed by atoms with E-state index in [9.17, 15) is 4.79 Å². The number of aromatic nitrogens is 5. The van der Waals surface area contributed by atoms with Crippen molar-refractivity contribution in [2.45, 2.75) is 52.7 Å². The maximum Gasteiger partial charge on any atom is 0.410 e. The Morgan fingerprint density at radius 3 is 2.55 bits per heavy atom. The first kappa shape index (κ1) is 33.6. The average molecular weight is 672 g/mol. The fraction of sp³-hybridized carbons (Fsp3) is 0.361. The zero-order valence-corrected chi connectivity index (χ0v) is 28.0. The number of likely N-dealkylation sites (tertiary alicyclic amines) is 1. The number of fused-ring (bicyclic) bond motifs is 1. The monoisotopic (exact) mass is 671 g/mol. The predicted octanol–water partition coefficient (Wildman–Crippen LogP) is 7.38. The molecule has 5 aromatic rings. The van der Waals surface area contributed by atoms with Crippen molar-refractivity contribution in [3.63, 3.8) is 0 Å². The lowest BCUT2D eigenvalue weighted by molar-refractivity contribution is 0.0139. The highest BCUT2D eigenvalue weighted by atomic mass is 19.1. The first-order valence-corrected chi connectivity index (χ1v) is 16.3. The highest BCUT2D eigenvalue weighted by Crippen LogP contribution is 2.33. The summed E-state index contributed by atoms with van der Waals surface area (Å²) in [7, 11) is 0. The Morgan fingerprint density at radius 1 is 1.06 bits per heavy atom. The third-order valence-corrected chi connectivity index (χ3v) is 7.95. The van der Waals surface area contributed by atoms with Gasteiger partial charge in [-0.05, 0) is 58.7 Å². The molecule has 2 aromatic carbocycles. The molecule has 0 bridgehead atoms. The molecular formula is C36H39F2N7O4. The highest BCUT2D eigenvalue weighted by molar-refractivity contribution is 5.92. The summed E-state index contributed by atoms with van der Waals surface area (Å²) >= 11 is 0. The van der Waals surface area contributed by atoms with Gasteiger partial charge in [-0.2, -0.15) is 5.10 Å². The molecule has 0 spiro atoms. The molecule has 256 valence electrons. The first-order valence-electron chi connectivity index (χ1n) is 16.3. The lowest BCUT2D eigenvalue weighted by Gasteiger charge is -2.34. The number of pyridine rings is 1. The number of carbonyl (C=O) groups excluding carboxylic acids is 1. The van der Waals surface area contributed by atoms with E-state index in [2.05, 4.69) is 15.3 Å². The van der Waals surface area contributed by atoms with Gasteiger partial charge in [-0.3, -0.25) is 9.67 Å². The van der Waals surface area contributed by atoms with Crippen molar-refractivity contribution in [1.82, 2.24) is 29.6 Å². The van der Waals surface area contributed by atoms with Crippen LogP contribution in [0.4, 0.5) is 25.1 Å². The van der Waals surface area contributed by atoms with E-state index in [0.717, 1.165) is 18.5 Å². The number of nitrogens with zero attached hydrogens (tertiary/aromatic N) is 6. The number of para-hydroxylation sites is 1. The summed E-state index contributed by atoms with van der Waals surface area (Å²) in [6, 6.07) is 13.3. The highest BCUT2D eigenvalue weighted by Gasteiger charge is 2.28. The number of rotatable bonds is 10. The Morgan fingerprint density at radius 2 is 1.82 bits per heavy atom. The quantitative estimate of drug-likeness (QED) is 0.162. The Labute approximate surface area is 283 Å². The molecule has 1 fully saturated rings. The second-order valence-electron chi connectivity index (χ2n) is 12.8. The summed E-state index contributed by atoms with van der Waals surface area (Å²) in [4.78, 5) is 28.0. The van der Waals surface area contributed by atoms with Crippen LogP contribution in [0.5, 0.6) is 11.5 Å². The van der Waals surface area contributed by atoms with Crippen molar-refractivity contribution < 1.29 is 27.8 Å². The van der Waals surface area contributed by atoms with Crippen molar-refractivity contribution in [2.75, 3.05) is 31.6 Å². The van der Waals surface area contributed by atoms with Gasteiger partial charge in [0.15, 0.2) is 17.4 Å². The molecule has 1 amide bonds. The van der Waals surface area contributed by atoms with Gasteiger partial charge in [-0.25, -0.2) is 23.5 Å². The molecule has 1 aliphatic rings. The lowest BCUT2D eigenvalue weighted by atomic mass is 9.99. The van der Waals surface area contributed by atoms with Crippen LogP contribution in [0.2, 0.25) is 0 Å². The normalized spacial score (nSPS) is 14.9. The SMILES string of the molecule is CCOc1cc(F)c(Cn2nc(-c3ncc(OCC4CCCN(C(=O)OC(C)(C)C)C4)c(Nc4ccncc4)n3)c3ccccc32)c(F)c1. The van der Waals surface area contributed by atoms with Crippen molar-refractivity contribution in [3.8, 4) is 23.0 Å². The van der Waals surface area contributed by atoms with Gasteiger partial charge >= 0.3 is 6.09 Å². The fourth-order valence-electron chi connectivity index (χ4n) is 5.70. The number of carbonyl (C=O) groups is 1. The van der Waals surface area contributed by atoms with Crippen LogP contribution >= 0.6 is 0 Å². The second kappa shape index (κ2) is 14.4. The summed E-state index contributed by atoms with van der Waals surface area (Å²) in [5, 5.41) is 8.75. The minimum Gasteiger partial charge on any atom is -0.494 e. The van der Waals surface area contributed by atoms with E-state index in [1.54, 1.807) is 42.5 Å². The predicted molar refractivity (Wildman–Crippen MR) is 181 cm³/mol. The molecule has 0 saturated carbocycles. The fourth-order valence-corrected chi connectivity index (χ4v) is 5.70. The topological polar surface area (TPSA) is 117 Å². The number of benzene rings is 2. The van der Waals surface area contributed by atoms with Gasteiger partial charge in [-0.1, -0.05) is 18.2 Å². The molecular weight excluding hydrogens is 632 g/mol. The number of piperidine rings is 1. The maximum atomic E-state index is 15.0. The molecule has 4 heterocycles. The summed E-state index contributed by atoms with van der Waals surface area (Å²) in [5.74, 6) is -0.133.